The van der Waals surface area contributed by atoms with E-state index in [2.05, 4.69) is 36.9 Å². The minimum Gasteiger partial charge on any atom is -0.368 e. The third-order valence-electron chi connectivity index (χ3n) is 4.56. The third kappa shape index (κ3) is 3.35. The van der Waals surface area contributed by atoms with Gasteiger partial charge in [-0.15, -0.1) is 0 Å². The lowest BCUT2D eigenvalue weighted by atomic mass is 10.1. The van der Waals surface area contributed by atoms with Crippen LogP contribution in [0.3, 0.4) is 0 Å². The number of carbonyl (C=O) groups is 1. The first-order valence-electron chi connectivity index (χ1n) is 7.92. The van der Waals surface area contributed by atoms with Gasteiger partial charge in [-0.25, -0.2) is 0 Å². The number of rotatable bonds is 2. The average molecular weight is 329 g/mol. The molecule has 1 fully saturated rings. The molecule has 0 radical (unpaired) electrons. The topological polar surface area (TPSA) is 23.6 Å². The van der Waals surface area contributed by atoms with Crippen LogP contribution in [0.25, 0.3) is 0 Å². The molecule has 0 unspecified atom stereocenters. The highest BCUT2D eigenvalue weighted by molar-refractivity contribution is 6.30. The van der Waals surface area contributed by atoms with Crippen molar-refractivity contribution in [3.8, 4) is 0 Å². The lowest BCUT2D eigenvalue weighted by molar-refractivity contribution is 0.0747. The molecule has 1 amide bonds. The van der Waals surface area contributed by atoms with Gasteiger partial charge in [0.05, 0.1) is 0 Å². The quantitative estimate of drug-likeness (QED) is 0.834. The van der Waals surface area contributed by atoms with E-state index in [-0.39, 0.29) is 5.91 Å². The van der Waals surface area contributed by atoms with Gasteiger partial charge in [0.25, 0.3) is 5.91 Å². The molecule has 0 bridgehead atoms. The number of carbonyl (C=O) groups excluding carboxylic acids is 1. The van der Waals surface area contributed by atoms with E-state index in [4.69, 9.17) is 11.6 Å². The van der Waals surface area contributed by atoms with Crippen molar-refractivity contribution in [2.45, 2.75) is 13.8 Å². The molecular formula is C19H21ClN2O. The van der Waals surface area contributed by atoms with E-state index >= 15 is 0 Å². The number of anilines is 1. The maximum Gasteiger partial charge on any atom is 0.254 e. The summed E-state index contributed by atoms with van der Waals surface area (Å²) in [7, 11) is 0. The fourth-order valence-electron chi connectivity index (χ4n) is 3.03. The van der Waals surface area contributed by atoms with Crippen LogP contribution in [0.15, 0.2) is 42.5 Å². The summed E-state index contributed by atoms with van der Waals surface area (Å²) in [4.78, 5) is 16.8. The first kappa shape index (κ1) is 15.9. The summed E-state index contributed by atoms with van der Waals surface area (Å²) in [6.45, 7) is 7.48. The summed E-state index contributed by atoms with van der Waals surface area (Å²) in [5.74, 6) is 0.0631. The summed E-state index contributed by atoms with van der Waals surface area (Å²) in [6.07, 6.45) is 0. The number of aryl methyl sites for hydroxylation is 1. The van der Waals surface area contributed by atoms with Gasteiger partial charge in [0, 0.05) is 42.5 Å². The molecule has 0 aromatic heterocycles. The lowest BCUT2D eigenvalue weighted by Gasteiger charge is -2.37. The molecule has 1 aliphatic heterocycles. The van der Waals surface area contributed by atoms with Crippen molar-refractivity contribution >= 4 is 23.2 Å². The van der Waals surface area contributed by atoms with E-state index in [1.165, 1.54) is 16.8 Å². The zero-order chi connectivity index (χ0) is 16.4. The summed E-state index contributed by atoms with van der Waals surface area (Å²) >= 11 is 5.98. The monoisotopic (exact) mass is 328 g/mol. The molecule has 0 spiro atoms. The largest absolute Gasteiger partial charge is 0.368 e. The van der Waals surface area contributed by atoms with Crippen molar-refractivity contribution in [3.05, 3.63) is 64.2 Å². The molecular weight excluding hydrogens is 308 g/mol. The zero-order valence-electron chi connectivity index (χ0n) is 13.6. The minimum absolute atomic E-state index is 0.0631. The molecule has 2 aromatic carbocycles. The van der Waals surface area contributed by atoms with Crippen molar-refractivity contribution < 1.29 is 4.79 Å². The van der Waals surface area contributed by atoms with Gasteiger partial charge in [0.15, 0.2) is 0 Å². The van der Waals surface area contributed by atoms with Crippen LogP contribution in [-0.4, -0.2) is 37.0 Å². The van der Waals surface area contributed by atoms with Crippen LogP contribution in [0, 0.1) is 13.8 Å². The molecule has 23 heavy (non-hydrogen) atoms. The van der Waals surface area contributed by atoms with Crippen LogP contribution < -0.4 is 4.90 Å². The molecule has 120 valence electrons. The van der Waals surface area contributed by atoms with Gasteiger partial charge in [-0.2, -0.15) is 0 Å². The number of halogens is 1. The molecule has 3 nitrogen and oxygen atoms in total. The number of hydrogen-bond acceptors (Lipinski definition) is 2. The van der Waals surface area contributed by atoms with Crippen molar-refractivity contribution in [1.29, 1.82) is 0 Å². The molecule has 1 aliphatic rings. The maximum atomic E-state index is 12.6. The maximum absolute atomic E-state index is 12.6. The van der Waals surface area contributed by atoms with Crippen molar-refractivity contribution in [2.24, 2.45) is 0 Å². The summed E-state index contributed by atoms with van der Waals surface area (Å²) in [5, 5.41) is 0.602. The van der Waals surface area contributed by atoms with Gasteiger partial charge in [-0.05, 0) is 49.2 Å². The SMILES string of the molecule is Cc1cccc(N2CCN(C(=O)c3cccc(Cl)c3)CC2)c1C. The number of nitrogens with zero attached hydrogens (tertiary/aromatic N) is 2. The predicted molar refractivity (Wildman–Crippen MR) is 95.5 cm³/mol. The highest BCUT2D eigenvalue weighted by Gasteiger charge is 2.23. The Balaban J connectivity index is 1.69. The molecule has 1 saturated heterocycles. The van der Waals surface area contributed by atoms with Crippen LogP contribution in [-0.2, 0) is 0 Å². The van der Waals surface area contributed by atoms with Gasteiger partial charge in [0.2, 0.25) is 0 Å². The lowest BCUT2D eigenvalue weighted by Crippen LogP contribution is -2.49. The van der Waals surface area contributed by atoms with Gasteiger partial charge >= 0.3 is 0 Å². The molecule has 4 heteroatoms. The molecule has 2 aromatic rings. The van der Waals surface area contributed by atoms with Crippen LogP contribution in [0.5, 0.6) is 0 Å². The highest BCUT2D eigenvalue weighted by Crippen LogP contribution is 2.24. The normalized spacial score (nSPS) is 14.9. The van der Waals surface area contributed by atoms with E-state index in [0.29, 0.717) is 10.6 Å². The first-order chi connectivity index (χ1) is 11.1. The van der Waals surface area contributed by atoms with E-state index in [9.17, 15) is 4.79 Å². The second-order valence-electron chi connectivity index (χ2n) is 6.01. The Kier molecular flexibility index (Phi) is 4.58. The Hall–Kier alpha value is -2.00. The fraction of sp³-hybridized carbons (Fsp3) is 0.316. The van der Waals surface area contributed by atoms with Gasteiger partial charge in [-0.3, -0.25) is 4.79 Å². The summed E-state index contributed by atoms with van der Waals surface area (Å²) in [5.41, 5.74) is 4.57. The summed E-state index contributed by atoms with van der Waals surface area (Å²) in [6, 6.07) is 13.6. The van der Waals surface area contributed by atoms with Crippen molar-refractivity contribution in [1.82, 2.24) is 4.90 Å². The highest BCUT2D eigenvalue weighted by atomic mass is 35.5. The van der Waals surface area contributed by atoms with Crippen LogP contribution in [0.4, 0.5) is 5.69 Å². The molecule has 3 rings (SSSR count). The molecule has 0 N–H and O–H groups in total. The summed E-state index contributed by atoms with van der Waals surface area (Å²) < 4.78 is 0. The van der Waals surface area contributed by atoms with Crippen LogP contribution in [0.2, 0.25) is 5.02 Å². The van der Waals surface area contributed by atoms with E-state index < -0.39 is 0 Å². The number of hydrogen-bond donors (Lipinski definition) is 0. The molecule has 1 heterocycles. The molecule has 0 atom stereocenters. The van der Waals surface area contributed by atoms with Gasteiger partial charge in [-0.1, -0.05) is 29.8 Å². The fourth-order valence-corrected chi connectivity index (χ4v) is 3.22. The molecule has 0 saturated carbocycles. The average Bonchev–Trinajstić information content (AvgIpc) is 2.57. The van der Waals surface area contributed by atoms with E-state index in [1.54, 1.807) is 12.1 Å². The second kappa shape index (κ2) is 6.63. The Labute approximate surface area is 142 Å². The second-order valence-corrected chi connectivity index (χ2v) is 6.45. The van der Waals surface area contributed by atoms with Crippen LogP contribution >= 0.6 is 11.6 Å². The standard InChI is InChI=1S/C19H21ClN2O/c1-14-5-3-8-18(15(14)2)21-9-11-22(12-10-21)19(23)16-6-4-7-17(20)13-16/h3-8,13H,9-12H2,1-2H3. The third-order valence-corrected chi connectivity index (χ3v) is 4.79. The van der Waals surface area contributed by atoms with Crippen molar-refractivity contribution in [2.75, 3.05) is 31.1 Å². The zero-order valence-corrected chi connectivity index (χ0v) is 14.3. The first-order valence-corrected chi connectivity index (χ1v) is 8.30. The number of amides is 1. The molecule has 0 aliphatic carbocycles. The number of piperazine rings is 1. The van der Waals surface area contributed by atoms with Crippen LogP contribution in [0.1, 0.15) is 21.5 Å². The van der Waals surface area contributed by atoms with Crippen molar-refractivity contribution in [3.63, 3.8) is 0 Å². The minimum atomic E-state index is 0.0631. The Morgan fingerprint density at radius 2 is 1.70 bits per heavy atom. The van der Waals surface area contributed by atoms with E-state index in [1.807, 2.05) is 17.0 Å². The Morgan fingerprint density at radius 1 is 1.00 bits per heavy atom. The Morgan fingerprint density at radius 3 is 2.39 bits per heavy atom. The van der Waals surface area contributed by atoms with Gasteiger partial charge in [0.1, 0.15) is 0 Å². The van der Waals surface area contributed by atoms with E-state index in [0.717, 1.165) is 26.2 Å². The smallest absolute Gasteiger partial charge is 0.254 e. The van der Waals surface area contributed by atoms with Gasteiger partial charge < -0.3 is 9.80 Å². The Bertz CT molecular complexity index is 721. The number of benzene rings is 2. The predicted octanol–water partition coefficient (Wildman–Crippen LogP) is 3.92.